The SMILES string of the molecule is CCCCCCCCCCCCCCCCOc1ccc(C(=O)Oc2ccc(C(=O)/C=C/c3ccccc3)cc2)cc1. The minimum atomic E-state index is -0.448. The van der Waals surface area contributed by atoms with E-state index in [1.165, 1.54) is 83.5 Å². The van der Waals surface area contributed by atoms with Crippen LogP contribution >= 0.6 is 0 Å². The third-order valence-electron chi connectivity index (χ3n) is 7.43. The normalized spacial score (nSPS) is 11.1. The summed E-state index contributed by atoms with van der Waals surface area (Å²) in [6, 6.07) is 23.3. The average molecular weight is 569 g/mol. The Morgan fingerprint density at radius 3 is 1.64 bits per heavy atom. The standard InChI is InChI=1S/C38H48O4/c1-2-3-4-5-6-7-8-9-10-11-12-13-14-18-31-41-35-26-24-34(25-27-35)38(40)42-36-28-22-33(23-29-36)37(39)30-21-32-19-16-15-17-20-32/h15-17,19-30H,2-14,18,31H2,1H3/b30-21+. The first-order valence-electron chi connectivity index (χ1n) is 16.0. The van der Waals surface area contributed by atoms with Crippen molar-refractivity contribution in [2.75, 3.05) is 6.61 Å². The number of carbonyl (C=O) groups is 2. The van der Waals surface area contributed by atoms with Crippen molar-refractivity contribution in [1.82, 2.24) is 0 Å². The fourth-order valence-corrected chi connectivity index (χ4v) is 4.86. The Bertz CT molecular complexity index is 1180. The van der Waals surface area contributed by atoms with Crippen LogP contribution in [0.4, 0.5) is 0 Å². The van der Waals surface area contributed by atoms with Crippen molar-refractivity contribution in [3.63, 3.8) is 0 Å². The third-order valence-corrected chi connectivity index (χ3v) is 7.43. The summed E-state index contributed by atoms with van der Waals surface area (Å²) < 4.78 is 11.3. The molecule has 0 spiro atoms. The van der Waals surface area contributed by atoms with Crippen LogP contribution in [0.15, 0.2) is 84.9 Å². The second kappa shape index (κ2) is 20.3. The smallest absolute Gasteiger partial charge is 0.343 e. The van der Waals surface area contributed by atoms with Crippen LogP contribution in [0, 0.1) is 0 Å². The minimum Gasteiger partial charge on any atom is -0.494 e. The summed E-state index contributed by atoms with van der Waals surface area (Å²) in [5, 5.41) is 0. The van der Waals surface area contributed by atoms with Crippen molar-refractivity contribution >= 4 is 17.8 Å². The molecule has 0 radical (unpaired) electrons. The molecule has 3 aromatic carbocycles. The van der Waals surface area contributed by atoms with Gasteiger partial charge in [0.15, 0.2) is 5.78 Å². The van der Waals surface area contributed by atoms with E-state index in [4.69, 9.17) is 9.47 Å². The van der Waals surface area contributed by atoms with Gasteiger partial charge in [-0.05, 0) is 66.6 Å². The predicted octanol–water partition coefficient (Wildman–Crippen LogP) is 10.7. The lowest BCUT2D eigenvalue weighted by Gasteiger charge is -2.08. The maximum absolute atomic E-state index is 12.6. The molecule has 0 aliphatic carbocycles. The quantitative estimate of drug-likeness (QED) is 0.0422. The van der Waals surface area contributed by atoms with Gasteiger partial charge in [-0.2, -0.15) is 0 Å². The maximum Gasteiger partial charge on any atom is 0.343 e. The summed E-state index contributed by atoms with van der Waals surface area (Å²) in [5.41, 5.74) is 1.94. The zero-order valence-electron chi connectivity index (χ0n) is 25.4. The highest BCUT2D eigenvalue weighted by Gasteiger charge is 2.10. The molecule has 0 bridgehead atoms. The number of benzene rings is 3. The van der Waals surface area contributed by atoms with E-state index in [1.807, 2.05) is 30.3 Å². The molecule has 3 rings (SSSR count). The average Bonchev–Trinajstić information content (AvgIpc) is 3.03. The Balaban J connectivity index is 1.25. The van der Waals surface area contributed by atoms with Gasteiger partial charge in [-0.25, -0.2) is 4.79 Å². The molecular formula is C38H48O4. The topological polar surface area (TPSA) is 52.6 Å². The van der Waals surface area contributed by atoms with Crippen LogP contribution in [0.5, 0.6) is 11.5 Å². The molecule has 0 unspecified atom stereocenters. The molecule has 0 amide bonds. The van der Waals surface area contributed by atoms with Crippen LogP contribution < -0.4 is 9.47 Å². The van der Waals surface area contributed by atoms with Crippen LogP contribution in [-0.2, 0) is 0 Å². The van der Waals surface area contributed by atoms with Gasteiger partial charge in [-0.3, -0.25) is 4.79 Å². The zero-order valence-corrected chi connectivity index (χ0v) is 25.4. The van der Waals surface area contributed by atoms with E-state index in [0.717, 1.165) is 17.7 Å². The van der Waals surface area contributed by atoms with Crippen molar-refractivity contribution in [3.8, 4) is 11.5 Å². The summed E-state index contributed by atoms with van der Waals surface area (Å²) in [7, 11) is 0. The van der Waals surface area contributed by atoms with Crippen molar-refractivity contribution in [2.45, 2.75) is 96.8 Å². The first kappa shape index (κ1) is 32.8. The largest absolute Gasteiger partial charge is 0.494 e. The molecule has 0 saturated heterocycles. The molecule has 4 heteroatoms. The van der Waals surface area contributed by atoms with Crippen LogP contribution in [0.25, 0.3) is 6.08 Å². The van der Waals surface area contributed by atoms with Gasteiger partial charge in [0, 0.05) is 5.56 Å². The highest BCUT2D eigenvalue weighted by atomic mass is 16.5. The van der Waals surface area contributed by atoms with Crippen LogP contribution in [0.1, 0.15) is 123 Å². The summed E-state index contributed by atoms with van der Waals surface area (Å²) in [6.45, 7) is 2.96. The molecule has 4 nitrogen and oxygen atoms in total. The Hall–Kier alpha value is -3.66. The van der Waals surface area contributed by atoms with E-state index in [-0.39, 0.29) is 5.78 Å². The molecule has 0 atom stereocenters. The van der Waals surface area contributed by atoms with Crippen molar-refractivity contribution in [1.29, 1.82) is 0 Å². The first-order valence-corrected chi connectivity index (χ1v) is 16.0. The van der Waals surface area contributed by atoms with Gasteiger partial charge in [0.2, 0.25) is 0 Å². The van der Waals surface area contributed by atoms with Crippen LogP contribution in [0.2, 0.25) is 0 Å². The van der Waals surface area contributed by atoms with Crippen LogP contribution in [-0.4, -0.2) is 18.4 Å². The highest BCUT2D eigenvalue weighted by molar-refractivity contribution is 6.06. The molecule has 0 aliphatic heterocycles. The zero-order chi connectivity index (χ0) is 29.7. The van der Waals surface area contributed by atoms with E-state index in [2.05, 4.69) is 6.92 Å². The number of unbranched alkanes of at least 4 members (excludes halogenated alkanes) is 13. The summed E-state index contributed by atoms with van der Waals surface area (Å²) >= 11 is 0. The number of hydrogen-bond donors (Lipinski definition) is 0. The number of ether oxygens (including phenoxy) is 2. The molecule has 0 aliphatic rings. The van der Waals surface area contributed by atoms with E-state index < -0.39 is 5.97 Å². The van der Waals surface area contributed by atoms with Gasteiger partial charge in [0.05, 0.1) is 12.2 Å². The van der Waals surface area contributed by atoms with E-state index in [0.29, 0.717) is 23.5 Å². The molecular weight excluding hydrogens is 520 g/mol. The van der Waals surface area contributed by atoms with Gasteiger partial charge in [0.1, 0.15) is 11.5 Å². The molecule has 224 valence electrons. The minimum absolute atomic E-state index is 0.110. The number of ketones is 1. The first-order chi connectivity index (χ1) is 20.7. The number of rotatable bonds is 21. The summed E-state index contributed by atoms with van der Waals surface area (Å²) in [4.78, 5) is 25.0. The fourth-order valence-electron chi connectivity index (χ4n) is 4.86. The lowest BCUT2D eigenvalue weighted by atomic mass is 10.0. The monoisotopic (exact) mass is 568 g/mol. The van der Waals surface area contributed by atoms with Crippen molar-refractivity contribution in [2.24, 2.45) is 0 Å². The predicted molar refractivity (Wildman–Crippen MR) is 173 cm³/mol. The molecule has 0 heterocycles. The molecule has 0 saturated carbocycles. The van der Waals surface area contributed by atoms with E-state index >= 15 is 0 Å². The Morgan fingerprint density at radius 2 is 1.07 bits per heavy atom. The van der Waals surface area contributed by atoms with E-state index in [9.17, 15) is 9.59 Å². The third kappa shape index (κ3) is 13.3. The number of hydrogen-bond acceptors (Lipinski definition) is 4. The van der Waals surface area contributed by atoms with Gasteiger partial charge >= 0.3 is 5.97 Å². The second-order valence-corrected chi connectivity index (χ2v) is 11.0. The van der Waals surface area contributed by atoms with E-state index in [1.54, 1.807) is 60.7 Å². The van der Waals surface area contributed by atoms with Crippen LogP contribution in [0.3, 0.4) is 0 Å². The van der Waals surface area contributed by atoms with Gasteiger partial charge in [0.25, 0.3) is 0 Å². The Labute approximate surface area is 253 Å². The molecule has 0 N–H and O–H groups in total. The van der Waals surface area contributed by atoms with Gasteiger partial charge in [-0.15, -0.1) is 0 Å². The highest BCUT2D eigenvalue weighted by Crippen LogP contribution is 2.18. The summed E-state index contributed by atoms with van der Waals surface area (Å²) in [6.07, 6.45) is 22.0. The second-order valence-electron chi connectivity index (χ2n) is 11.0. The van der Waals surface area contributed by atoms with Crippen molar-refractivity contribution < 1.29 is 19.1 Å². The molecule has 3 aromatic rings. The fraction of sp³-hybridized carbons (Fsp3) is 0.421. The number of carbonyl (C=O) groups excluding carboxylic acids is 2. The van der Waals surface area contributed by atoms with Gasteiger partial charge < -0.3 is 9.47 Å². The van der Waals surface area contributed by atoms with Crippen molar-refractivity contribution in [3.05, 3.63) is 102 Å². The molecule has 42 heavy (non-hydrogen) atoms. The lowest BCUT2D eigenvalue weighted by Crippen LogP contribution is -2.08. The number of esters is 1. The summed E-state index contributed by atoms with van der Waals surface area (Å²) in [5.74, 6) is 0.590. The Kier molecular flexibility index (Phi) is 15.8. The lowest BCUT2D eigenvalue weighted by molar-refractivity contribution is 0.0734. The van der Waals surface area contributed by atoms with Gasteiger partial charge in [-0.1, -0.05) is 127 Å². The molecule has 0 aromatic heterocycles. The number of allylic oxidation sites excluding steroid dienone is 1. The molecule has 0 fully saturated rings. The Morgan fingerprint density at radius 1 is 0.571 bits per heavy atom. The maximum atomic E-state index is 12.6.